The molecule has 1 unspecified atom stereocenters. The van der Waals surface area contributed by atoms with Crippen LogP contribution in [-0.4, -0.2) is 19.2 Å². The molecule has 1 aliphatic heterocycles. The summed E-state index contributed by atoms with van der Waals surface area (Å²) >= 11 is 12.2. The number of halogens is 2. The Bertz CT molecular complexity index is 358. The van der Waals surface area contributed by atoms with Gasteiger partial charge in [-0.15, -0.1) is 0 Å². The van der Waals surface area contributed by atoms with E-state index in [1.807, 2.05) is 18.2 Å². The predicted molar refractivity (Wildman–Crippen MR) is 76.4 cm³/mol. The molecule has 1 aliphatic rings. The number of benzene rings is 1. The van der Waals surface area contributed by atoms with Crippen LogP contribution in [-0.2, 0) is 11.3 Å². The molecular weight excluding hydrogens is 269 g/mol. The zero-order chi connectivity index (χ0) is 12.8. The first-order chi connectivity index (χ1) is 8.77. The molecule has 0 bridgehead atoms. The quantitative estimate of drug-likeness (QED) is 0.826. The highest BCUT2D eigenvalue weighted by Gasteiger charge is 2.12. The van der Waals surface area contributed by atoms with E-state index < -0.39 is 0 Å². The Labute approximate surface area is 119 Å². The van der Waals surface area contributed by atoms with Gasteiger partial charge in [0.05, 0.1) is 6.61 Å². The van der Waals surface area contributed by atoms with E-state index in [1.165, 1.54) is 19.3 Å². The van der Waals surface area contributed by atoms with Crippen LogP contribution in [0.2, 0.25) is 10.0 Å². The van der Waals surface area contributed by atoms with Crippen LogP contribution in [0.15, 0.2) is 18.2 Å². The van der Waals surface area contributed by atoms with Crippen molar-refractivity contribution in [2.24, 2.45) is 0 Å². The van der Waals surface area contributed by atoms with E-state index in [9.17, 15) is 0 Å². The van der Waals surface area contributed by atoms with Crippen LogP contribution >= 0.6 is 23.2 Å². The van der Waals surface area contributed by atoms with E-state index in [0.29, 0.717) is 22.7 Å². The van der Waals surface area contributed by atoms with Gasteiger partial charge in [-0.1, -0.05) is 35.7 Å². The minimum atomic E-state index is 0.491. The number of ether oxygens (including phenoxy) is 1. The second kappa shape index (κ2) is 7.34. The molecule has 0 spiro atoms. The van der Waals surface area contributed by atoms with E-state index in [1.54, 1.807) is 0 Å². The Kier molecular flexibility index (Phi) is 5.77. The van der Waals surface area contributed by atoms with Crippen molar-refractivity contribution in [3.63, 3.8) is 0 Å². The smallest absolute Gasteiger partial charge is 0.0746 e. The van der Waals surface area contributed by atoms with Gasteiger partial charge >= 0.3 is 0 Å². The number of nitrogens with one attached hydrogen (secondary N) is 1. The molecule has 100 valence electrons. The van der Waals surface area contributed by atoms with Crippen molar-refractivity contribution in [2.75, 3.05) is 13.2 Å². The Morgan fingerprint density at radius 3 is 2.67 bits per heavy atom. The van der Waals surface area contributed by atoms with Gasteiger partial charge < -0.3 is 10.1 Å². The molecule has 1 saturated heterocycles. The topological polar surface area (TPSA) is 21.3 Å². The molecule has 0 radical (unpaired) electrons. The molecule has 4 heteroatoms. The van der Waals surface area contributed by atoms with Crippen molar-refractivity contribution in [3.05, 3.63) is 33.8 Å². The van der Waals surface area contributed by atoms with Crippen LogP contribution in [0.4, 0.5) is 0 Å². The molecule has 1 aromatic rings. The average molecular weight is 288 g/mol. The van der Waals surface area contributed by atoms with E-state index >= 15 is 0 Å². The molecule has 2 nitrogen and oxygen atoms in total. The summed E-state index contributed by atoms with van der Waals surface area (Å²) in [6.07, 6.45) is 4.94. The summed E-state index contributed by atoms with van der Waals surface area (Å²) < 4.78 is 5.68. The Hall–Kier alpha value is -0.280. The minimum Gasteiger partial charge on any atom is -0.377 e. The molecule has 1 aromatic carbocycles. The lowest BCUT2D eigenvalue weighted by atomic mass is 10.0. The van der Waals surface area contributed by atoms with Crippen molar-refractivity contribution in [2.45, 2.75) is 38.3 Å². The SMILES string of the molecule is Clc1cccc(Cl)c1COCCC1CCCCN1. The van der Waals surface area contributed by atoms with Crippen LogP contribution in [0, 0.1) is 0 Å². The summed E-state index contributed by atoms with van der Waals surface area (Å²) in [6, 6.07) is 6.14. The number of hydrogen-bond acceptors (Lipinski definition) is 2. The highest BCUT2D eigenvalue weighted by molar-refractivity contribution is 6.35. The zero-order valence-electron chi connectivity index (χ0n) is 10.4. The van der Waals surface area contributed by atoms with E-state index in [0.717, 1.165) is 25.1 Å². The molecule has 0 aromatic heterocycles. The third kappa shape index (κ3) is 4.13. The lowest BCUT2D eigenvalue weighted by molar-refractivity contribution is 0.108. The normalized spacial score (nSPS) is 20.0. The molecule has 1 heterocycles. The first-order valence-electron chi connectivity index (χ1n) is 6.51. The molecule has 18 heavy (non-hydrogen) atoms. The van der Waals surface area contributed by atoms with Gasteiger partial charge in [0.15, 0.2) is 0 Å². The molecule has 0 amide bonds. The zero-order valence-corrected chi connectivity index (χ0v) is 11.9. The second-order valence-corrected chi connectivity index (χ2v) is 5.50. The molecule has 1 N–H and O–H groups in total. The minimum absolute atomic E-state index is 0.491. The Balaban J connectivity index is 1.71. The number of hydrogen-bond donors (Lipinski definition) is 1. The van der Waals surface area contributed by atoms with Gasteiger partial charge in [-0.2, -0.15) is 0 Å². The van der Waals surface area contributed by atoms with Crippen molar-refractivity contribution >= 4 is 23.2 Å². The number of rotatable bonds is 5. The van der Waals surface area contributed by atoms with Gasteiger partial charge in [-0.05, 0) is 37.9 Å². The fraction of sp³-hybridized carbons (Fsp3) is 0.571. The first kappa shape index (κ1) is 14.1. The summed E-state index contributed by atoms with van der Waals surface area (Å²) in [4.78, 5) is 0. The summed E-state index contributed by atoms with van der Waals surface area (Å²) in [6.45, 7) is 2.38. The van der Waals surface area contributed by atoms with E-state index in [-0.39, 0.29) is 0 Å². The Morgan fingerprint density at radius 1 is 1.22 bits per heavy atom. The van der Waals surface area contributed by atoms with Gasteiger partial charge in [0.1, 0.15) is 0 Å². The van der Waals surface area contributed by atoms with Crippen molar-refractivity contribution in [1.82, 2.24) is 5.32 Å². The second-order valence-electron chi connectivity index (χ2n) is 4.69. The molecule has 1 fully saturated rings. The van der Waals surface area contributed by atoms with E-state index in [2.05, 4.69) is 5.32 Å². The summed E-state index contributed by atoms with van der Waals surface area (Å²) in [7, 11) is 0. The lowest BCUT2D eigenvalue weighted by Gasteiger charge is -2.23. The van der Waals surface area contributed by atoms with Gasteiger partial charge in [0.25, 0.3) is 0 Å². The monoisotopic (exact) mass is 287 g/mol. The standard InChI is InChI=1S/C14H19Cl2NO/c15-13-5-3-6-14(16)12(13)10-18-9-7-11-4-1-2-8-17-11/h3,5-6,11,17H,1-2,4,7-10H2. The predicted octanol–water partition coefficient (Wildman–Crippen LogP) is 4.04. The largest absolute Gasteiger partial charge is 0.377 e. The average Bonchev–Trinajstić information content (AvgIpc) is 2.38. The molecule has 2 rings (SSSR count). The summed E-state index contributed by atoms with van der Waals surface area (Å²) in [5.74, 6) is 0. The maximum atomic E-state index is 6.08. The van der Waals surface area contributed by atoms with Crippen molar-refractivity contribution in [1.29, 1.82) is 0 Å². The summed E-state index contributed by atoms with van der Waals surface area (Å²) in [5, 5.41) is 4.87. The summed E-state index contributed by atoms with van der Waals surface area (Å²) in [5.41, 5.74) is 0.887. The van der Waals surface area contributed by atoms with Crippen LogP contribution in [0.25, 0.3) is 0 Å². The van der Waals surface area contributed by atoms with Crippen LogP contribution in [0.1, 0.15) is 31.2 Å². The third-order valence-electron chi connectivity index (χ3n) is 3.33. The van der Waals surface area contributed by atoms with Gasteiger partial charge in [-0.3, -0.25) is 0 Å². The van der Waals surface area contributed by atoms with Gasteiger partial charge in [-0.25, -0.2) is 0 Å². The highest BCUT2D eigenvalue weighted by Crippen LogP contribution is 2.25. The molecule has 1 atom stereocenters. The van der Waals surface area contributed by atoms with Crippen LogP contribution < -0.4 is 5.32 Å². The first-order valence-corrected chi connectivity index (χ1v) is 7.27. The Morgan fingerprint density at radius 2 is 2.00 bits per heavy atom. The fourth-order valence-electron chi connectivity index (χ4n) is 2.24. The number of piperidine rings is 1. The maximum absolute atomic E-state index is 6.08. The lowest BCUT2D eigenvalue weighted by Crippen LogP contribution is -2.34. The van der Waals surface area contributed by atoms with Crippen LogP contribution in [0.5, 0.6) is 0 Å². The maximum Gasteiger partial charge on any atom is 0.0746 e. The van der Waals surface area contributed by atoms with Crippen molar-refractivity contribution in [3.8, 4) is 0 Å². The molecule has 0 saturated carbocycles. The third-order valence-corrected chi connectivity index (χ3v) is 4.04. The van der Waals surface area contributed by atoms with Crippen LogP contribution in [0.3, 0.4) is 0 Å². The van der Waals surface area contributed by atoms with Gasteiger partial charge in [0.2, 0.25) is 0 Å². The fourth-order valence-corrected chi connectivity index (χ4v) is 2.75. The highest BCUT2D eigenvalue weighted by atomic mass is 35.5. The van der Waals surface area contributed by atoms with Gasteiger partial charge in [0, 0.05) is 28.3 Å². The molecular formula is C14H19Cl2NO. The van der Waals surface area contributed by atoms with Crippen molar-refractivity contribution < 1.29 is 4.74 Å². The van der Waals surface area contributed by atoms with E-state index in [4.69, 9.17) is 27.9 Å². The molecule has 0 aliphatic carbocycles.